The Labute approximate surface area is 149 Å². The number of carbonyl (C=O) groups excluding carboxylic acids is 1. The Kier molecular flexibility index (Phi) is 4.79. The number of carbonyl (C=O) groups is 2. The van der Waals surface area contributed by atoms with Gasteiger partial charge in [-0.3, -0.25) is 9.59 Å². The van der Waals surface area contributed by atoms with Crippen molar-refractivity contribution in [1.29, 1.82) is 0 Å². The first kappa shape index (κ1) is 17.7. The van der Waals surface area contributed by atoms with E-state index in [0.29, 0.717) is 30.4 Å². The van der Waals surface area contributed by atoms with Gasteiger partial charge in [0.1, 0.15) is 25.5 Å². The van der Waals surface area contributed by atoms with Crippen molar-refractivity contribution in [3.8, 4) is 11.5 Å². The Morgan fingerprint density at radius 3 is 2.73 bits per heavy atom. The highest BCUT2D eigenvalue weighted by Crippen LogP contribution is 2.35. The highest BCUT2D eigenvalue weighted by atomic mass is 16.6. The normalized spacial score (nSPS) is 13.3. The van der Waals surface area contributed by atoms with Gasteiger partial charge in [0.25, 0.3) is 0 Å². The standard InChI is InChI=1S/C17H20N4O5/c1-17(2,11-3-4-13-14(7-11)26-6-5-25-13)16(24)18-8-12-9-21(20-19-12)10-15(22)23/h3-4,7,9H,5-6,8,10H2,1-2H3,(H,18,24)(H,22,23). The van der Waals surface area contributed by atoms with Crippen LogP contribution in [0.4, 0.5) is 0 Å². The van der Waals surface area contributed by atoms with Crippen LogP contribution in [0.3, 0.4) is 0 Å². The van der Waals surface area contributed by atoms with E-state index in [-0.39, 0.29) is 19.0 Å². The van der Waals surface area contributed by atoms with Crippen LogP contribution in [0.15, 0.2) is 24.4 Å². The van der Waals surface area contributed by atoms with Gasteiger partial charge in [-0.15, -0.1) is 5.10 Å². The maximum absolute atomic E-state index is 12.7. The third-order valence-corrected chi connectivity index (χ3v) is 4.14. The summed E-state index contributed by atoms with van der Waals surface area (Å²) >= 11 is 0. The number of carboxylic acids is 1. The van der Waals surface area contributed by atoms with E-state index in [4.69, 9.17) is 14.6 Å². The first-order valence-corrected chi connectivity index (χ1v) is 8.15. The molecule has 0 radical (unpaired) electrons. The predicted molar refractivity (Wildman–Crippen MR) is 90.0 cm³/mol. The van der Waals surface area contributed by atoms with Crippen LogP contribution in [0.1, 0.15) is 25.1 Å². The lowest BCUT2D eigenvalue weighted by atomic mass is 9.83. The van der Waals surface area contributed by atoms with E-state index < -0.39 is 11.4 Å². The topological polar surface area (TPSA) is 116 Å². The Hall–Kier alpha value is -3.10. The fourth-order valence-electron chi connectivity index (χ4n) is 2.59. The van der Waals surface area contributed by atoms with Crippen molar-refractivity contribution in [2.45, 2.75) is 32.4 Å². The molecule has 1 amide bonds. The van der Waals surface area contributed by atoms with E-state index in [1.165, 1.54) is 10.9 Å². The Balaban J connectivity index is 1.66. The van der Waals surface area contributed by atoms with Gasteiger partial charge >= 0.3 is 5.97 Å². The van der Waals surface area contributed by atoms with E-state index in [0.717, 1.165) is 5.56 Å². The highest BCUT2D eigenvalue weighted by molar-refractivity contribution is 5.87. The minimum atomic E-state index is -1.01. The quantitative estimate of drug-likeness (QED) is 0.780. The fourth-order valence-corrected chi connectivity index (χ4v) is 2.59. The molecule has 9 heteroatoms. The summed E-state index contributed by atoms with van der Waals surface area (Å²) in [6.07, 6.45) is 1.49. The van der Waals surface area contributed by atoms with Crippen LogP contribution in [-0.4, -0.2) is 45.2 Å². The fraction of sp³-hybridized carbons (Fsp3) is 0.412. The number of hydrogen-bond donors (Lipinski definition) is 2. The molecule has 1 aliphatic rings. The minimum Gasteiger partial charge on any atom is -0.486 e. The third-order valence-electron chi connectivity index (χ3n) is 4.14. The van der Waals surface area contributed by atoms with Gasteiger partial charge in [0.2, 0.25) is 5.91 Å². The molecule has 0 atom stereocenters. The zero-order valence-electron chi connectivity index (χ0n) is 14.6. The number of amides is 1. The zero-order valence-corrected chi connectivity index (χ0v) is 14.6. The molecule has 2 aromatic rings. The van der Waals surface area contributed by atoms with Gasteiger partial charge < -0.3 is 19.9 Å². The molecule has 2 heterocycles. The van der Waals surface area contributed by atoms with E-state index >= 15 is 0 Å². The lowest BCUT2D eigenvalue weighted by Crippen LogP contribution is -2.39. The van der Waals surface area contributed by atoms with Crippen molar-refractivity contribution < 1.29 is 24.2 Å². The smallest absolute Gasteiger partial charge is 0.325 e. The molecular weight excluding hydrogens is 340 g/mol. The summed E-state index contributed by atoms with van der Waals surface area (Å²) in [5.41, 5.74) is 0.485. The number of hydrogen-bond acceptors (Lipinski definition) is 6. The van der Waals surface area contributed by atoms with Gasteiger partial charge in [-0.05, 0) is 31.5 Å². The van der Waals surface area contributed by atoms with Crippen molar-refractivity contribution in [2.75, 3.05) is 13.2 Å². The number of ether oxygens (including phenoxy) is 2. The molecule has 0 fully saturated rings. The molecule has 0 bridgehead atoms. The molecule has 0 aliphatic carbocycles. The van der Waals surface area contributed by atoms with Crippen LogP contribution in [0.25, 0.3) is 0 Å². The molecule has 1 aliphatic heterocycles. The van der Waals surface area contributed by atoms with Crippen LogP contribution >= 0.6 is 0 Å². The third kappa shape index (κ3) is 3.76. The summed E-state index contributed by atoms with van der Waals surface area (Å²) in [5, 5.41) is 19.1. The van der Waals surface area contributed by atoms with Crippen molar-refractivity contribution in [3.05, 3.63) is 35.7 Å². The Morgan fingerprint density at radius 1 is 1.27 bits per heavy atom. The van der Waals surface area contributed by atoms with Gasteiger partial charge in [-0.1, -0.05) is 11.3 Å². The van der Waals surface area contributed by atoms with Gasteiger partial charge in [-0.25, -0.2) is 4.68 Å². The molecule has 26 heavy (non-hydrogen) atoms. The lowest BCUT2D eigenvalue weighted by Gasteiger charge is -2.26. The number of rotatable bonds is 6. The largest absolute Gasteiger partial charge is 0.486 e. The first-order valence-electron chi connectivity index (χ1n) is 8.15. The van der Waals surface area contributed by atoms with Crippen LogP contribution in [0, 0.1) is 0 Å². The lowest BCUT2D eigenvalue weighted by molar-refractivity contribution is -0.138. The number of nitrogens with one attached hydrogen (secondary N) is 1. The molecule has 138 valence electrons. The molecule has 0 saturated carbocycles. The molecule has 0 saturated heterocycles. The Morgan fingerprint density at radius 2 is 2.00 bits per heavy atom. The van der Waals surface area contributed by atoms with Gasteiger partial charge in [0, 0.05) is 0 Å². The van der Waals surface area contributed by atoms with Crippen LogP contribution in [0.5, 0.6) is 11.5 Å². The van der Waals surface area contributed by atoms with Crippen LogP contribution in [-0.2, 0) is 28.1 Å². The molecular formula is C17H20N4O5. The first-order chi connectivity index (χ1) is 12.4. The number of nitrogens with zero attached hydrogens (tertiary/aromatic N) is 3. The van der Waals surface area contributed by atoms with Crippen LogP contribution < -0.4 is 14.8 Å². The number of aromatic nitrogens is 3. The summed E-state index contributed by atoms with van der Waals surface area (Å²) in [7, 11) is 0. The summed E-state index contributed by atoms with van der Waals surface area (Å²) < 4.78 is 12.3. The van der Waals surface area contributed by atoms with Crippen LogP contribution in [0.2, 0.25) is 0 Å². The second-order valence-electron chi connectivity index (χ2n) is 6.47. The number of aliphatic carboxylic acids is 1. The van der Waals surface area contributed by atoms with Crippen molar-refractivity contribution in [3.63, 3.8) is 0 Å². The van der Waals surface area contributed by atoms with E-state index in [2.05, 4.69) is 15.6 Å². The number of fused-ring (bicyclic) bond motifs is 1. The van der Waals surface area contributed by atoms with E-state index in [9.17, 15) is 9.59 Å². The second-order valence-corrected chi connectivity index (χ2v) is 6.47. The number of benzene rings is 1. The second kappa shape index (κ2) is 7.03. The predicted octanol–water partition coefficient (Wildman–Crippen LogP) is 0.728. The van der Waals surface area contributed by atoms with Crippen molar-refractivity contribution in [2.24, 2.45) is 0 Å². The molecule has 0 spiro atoms. The average Bonchev–Trinajstić information content (AvgIpc) is 3.05. The molecule has 2 N–H and O–H groups in total. The van der Waals surface area contributed by atoms with Gasteiger partial charge in [-0.2, -0.15) is 0 Å². The van der Waals surface area contributed by atoms with E-state index in [1.807, 2.05) is 26.0 Å². The summed E-state index contributed by atoms with van der Waals surface area (Å²) in [6.45, 7) is 4.51. The van der Waals surface area contributed by atoms with Crippen molar-refractivity contribution in [1.82, 2.24) is 20.3 Å². The number of carboxylic acid groups (broad SMARTS) is 1. The molecule has 9 nitrogen and oxygen atoms in total. The minimum absolute atomic E-state index is 0.159. The summed E-state index contributed by atoms with van der Waals surface area (Å²) in [5.74, 6) is 0.102. The summed E-state index contributed by atoms with van der Waals surface area (Å²) in [6, 6.07) is 5.46. The van der Waals surface area contributed by atoms with E-state index in [1.54, 1.807) is 6.07 Å². The maximum Gasteiger partial charge on any atom is 0.325 e. The summed E-state index contributed by atoms with van der Waals surface area (Å²) in [4.78, 5) is 23.3. The Bertz CT molecular complexity index is 830. The van der Waals surface area contributed by atoms with Gasteiger partial charge in [0.05, 0.1) is 18.2 Å². The van der Waals surface area contributed by atoms with Gasteiger partial charge in [0.15, 0.2) is 11.5 Å². The van der Waals surface area contributed by atoms with Crippen molar-refractivity contribution >= 4 is 11.9 Å². The molecule has 3 rings (SSSR count). The zero-order chi connectivity index (χ0) is 18.7. The highest BCUT2D eigenvalue weighted by Gasteiger charge is 2.31. The maximum atomic E-state index is 12.7. The molecule has 1 aromatic heterocycles. The molecule has 1 aromatic carbocycles. The monoisotopic (exact) mass is 360 g/mol. The average molecular weight is 360 g/mol. The molecule has 0 unspecified atom stereocenters. The SMILES string of the molecule is CC(C)(C(=O)NCc1cn(CC(=O)O)nn1)c1ccc2c(c1)OCCO2.